The third-order valence-electron chi connectivity index (χ3n) is 5.71. The van der Waals surface area contributed by atoms with E-state index in [0.29, 0.717) is 38.5 Å². The van der Waals surface area contributed by atoms with Crippen LogP contribution in [0.5, 0.6) is 5.75 Å². The van der Waals surface area contributed by atoms with E-state index < -0.39 is 11.6 Å². The topological polar surface area (TPSA) is 67.4 Å². The van der Waals surface area contributed by atoms with E-state index >= 15 is 0 Å². The van der Waals surface area contributed by atoms with E-state index in [0.717, 1.165) is 34.7 Å². The van der Waals surface area contributed by atoms with Crippen LogP contribution in [0.15, 0.2) is 48.7 Å². The number of carbonyl (C=O) groups is 1. The summed E-state index contributed by atoms with van der Waals surface area (Å²) in [7, 11) is 0. The number of anilines is 2. The number of piperidine rings is 1. The molecule has 0 aliphatic carbocycles. The van der Waals surface area contributed by atoms with Crippen molar-refractivity contribution in [3.05, 3.63) is 65.9 Å². The van der Waals surface area contributed by atoms with Gasteiger partial charge in [-0.05, 0) is 37.1 Å². The fraction of sp³-hybridized carbons (Fsp3) is 0.261. The highest BCUT2D eigenvalue weighted by atomic mass is 19.2. The van der Waals surface area contributed by atoms with Gasteiger partial charge in [0.25, 0.3) is 0 Å². The van der Waals surface area contributed by atoms with Crippen LogP contribution in [0.25, 0.3) is 11.3 Å². The Balaban J connectivity index is 1.26. The van der Waals surface area contributed by atoms with Crippen molar-refractivity contribution >= 4 is 17.5 Å². The fourth-order valence-corrected chi connectivity index (χ4v) is 3.99. The van der Waals surface area contributed by atoms with Crippen LogP contribution >= 0.6 is 0 Å². The first-order valence-electron chi connectivity index (χ1n) is 10.2. The van der Waals surface area contributed by atoms with Crippen LogP contribution in [0.2, 0.25) is 0 Å². The molecule has 0 bridgehead atoms. The minimum absolute atomic E-state index is 0.192. The zero-order chi connectivity index (χ0) is 21.4. The Hall–Kier alpha value is -3.55. The fourth-order valence-electron chi connectivity index (χ4n) is 3.99. The monoisotopic (exact) mass is 422 g/mol. The molecule has 0 atom stereocenters. The first-order chi connectivity index (χ1) is 15.1. The van der Waals surface area contributed by atoms with Crippen molar-refractivity contribution in [3.63, 3.8) is 0 Å². The van der Waals surface area contributed by atoms with E-state index in [4.69, 9.17) is 9.72 Å². The molecule has 6 nitrogen and oxygen atoms in total. The molecule has 3 aromatic rings. The predicted octanol–water partition coefficient (Wildman–Crippen LogP) is 4.17. The number of aromatic nitrogens is 2. The van der Waals surface area contributed by atoms with E-state index in [1.54, 1.807) is 6.20 Å². The standard InChI is InChI=1S/C23H20F2N4O2/c24-18-6-5-16(11-19(18)25)27-22(30)14-7-9-29(10-8-14)23-26-12-15-13-31-20-4-2-1-3-17(20)21(15)28-23/h1-6,11-12,14H,7-10,13H2,(H,27,30). The lowest BCUT2D eigenvalue weighted by molar-refractivity contribution is -0.120. The molecular formula is C23H20F2N4O2. The number of hydrogen-bond donors (Lipinski definition) is 1. The van der Waals surface area contributed by atoms with Gasteiger partial charge in [-0.25, -0.2) is 18.7 Å². The highest BCUT2D eigenvalue weighted by molar-refractivity contribution is 5.92. The number of rotatable bonds is 3. The van der Waals surface area contributed by atoms with Crippen LogP contribution in [0.3, 0.4) is 0 Å². The molecule has 0 spiro atoms. The lowest BCUT2D eigenvalue weighted by atomic mass is 9.96. The number of fused-ring (bicyclic) bond motifs is 3. The highest BCUT2D eigenvalue weighted by Crippen LogP contribution is 2.36. The maximum Gasteiger partial charge on any atom is 0.227 e. The highest BCUT2D eigenvalue weighted by Gasteiger charge is 2.28. The zero-order valence-corrected chi connectivity index (χ0v) is 16.6. The maximum absolute atomic E-state index is 13.4. The summed E-state index contributed by atoms with van der Waals surface area (Å²) in [6, 6.07) is 11.2. The molecule has 1 amide bonds. The smallest absolute Gasteiger partial charge is 0.227 e. The van der Waals surface area contributed by atoms with Gasteiger partial charge in [-0.3, -0.25) is 4.79 Å². The van der Waals surface area contributed by atoms with Crippen molar-refractivity contribution in [1.82, 2.24) is 9.97 Å². The molecule has 8 heteroatoms. The first-order valence-corrected chi connectivity index (χ1v) is 10.2. The van der Waals surface area contributed by atoms with Gasteiger partial charge < -0.3 is 15.0 Å². The van der Waals surface area contributed by atoms with Gasteiger partial charge in [-0.2, -0.15) is 0 Å². The molecule has 3 heterocycles. The third-order valence-corrected chi connectivity index (χ3v) is 5.71. The van der Waals surface area contributed by atoms with Crippen LogP contribution in [-0.2, 0) is 11.4 Å². The molecule has 5 rings (SSSR count). The van der Waals surface area contributed by atoms with Gasteiger partial charge in [-0.15, -0.1) is 0 Å². The number of amides is 1. The summed E-state index contributed by atoms with van der Waals surface area (Å²) in [6.07, 6.45) is 3.04. The second kappa shape index (κ2) is 7.94. The quantitative estimate of drug-likeness (QED) is 0.686. The molecule has 0 saturated carbocycles. The Morgan fingerprint density at radius 1 is 1.10 bits per heavy atom. The molecule has 2 aliphatic rings. The number of ether oxygens (including phenoxy) is 1. The van der Waals surface area contributed by atoms with Gasteiger partial charge >= 0.3 is 0 Å². The average molecular weight is 422 g/mol. The molecule has 1 aromatic heterocycles. The van der Waals surface area contributed by atoms with Gasteiger partial charge in [0.2, 0.25) is 11.9 Å². The number of hydrogen-bond acceptors (Lipinski definition) is 5. The summed E-state index contributed by atoms with van der Waals surface area (Å²) in [4.78, 5) is 23.9. The number of para-hydroxylation sites is 1. The summed E-state index contributed by atoms with van der Waals surface area (Å²) in [5.41, 5.74) is 3.03. The Morgan fingerprint density at radius 3 is 2.71 bits per heavy atom. The van der Waals surface area contributed by atoms with Crippen molar-refractivity contribution in [2.24, 2.45) is 5.92 Å². The normalized spacial score (nSPS) is 15.6. The van der Waals surface area contributed by atoms with Crippen molar-refractivity contribution < 1.29 is 18.3 Å². The average Bonchev–Trinajstić information content (AvgIpc) is 2.81. The number of halogens is 2. The lowest BCUT2D eigenvalue weighted by Crippen LogP contribution is -2.39. The molecule has 2 aliphatic heterocycles. The summed E-state index contributed by atoms with van der Waals surface area (Å²) < 4.78 is 32.2. The minimum Gasteiger partial charge on any atom is -0.488 e. The van der Waals surface area contributed by atoms with Crippen LogP contribution in [-0.4, -0.2) is 29.0 Å². The third kappa shape index (κ3) is 3.81. The van der Waals surface area contributed by atoms with Crippen molar-refractivity contribution in [2.75, 3.05) is 23.3 Å². The van der Waals surface area contributed by atoms with E-state index in [2.05, 4.69) is 15.2 Å². The zero-order valence-electron chi connectivity index (χ0n) is 16.6. The van der Waals surface area contributed by atoms with Crippen molar-refractivity contribution in [3.8, 4) is 17.0 Å². The minimum atomic E-state index is -0.982. The molecule has 1 fully saturated rings. The predicted molar refractivity (Wildman–Crippen MR) is 112 cm³/mol. The summed E-state index contributed by atoms with van der Waals surface area (Å²) in [6.45, 7) is 1.71. The molecule has 1 saturated heterocycles. The summed E-state index contributed by atoms with van der Waals surface area (Å²) >= 11 is 0. The summed E-state index contributed by atoms with van der Waals surface area (Å²) in [5, 5.41) is 2.68. The van der Waals surface area contributed by atoms with E-state index in [1.807, 2.05) is 24.3 Å². The SMILES string of the molecule is O=C(Nc1ccc(F)c(F)c1)C1CCN(c2ncc3c(n2)-c2ccccc2OC3)CC1. The van der Waals surface area contributed by atoms with Crippen molar-refractivity contribution in [1.29, 1.82) is 0 Å². The second-order valence-electron chi connectivity index (χ2n) is 7.71. The van der Waals surface area contributed by atoms with Gasteiger partial charge in [-0.1, -0.05) is 12.1 Å². The van der Waals surface area contributed by atoms with Crippen molar-refractivity contribution in [2.45, 2.75) is 19.4 Å². The van der Waals surface area contributed by atoms with Gasteiger partial charge in [0.05, 0.1) is 5.69 Å². The second-order valence-corrected chi connectivity index (χ2v) is 7.71. The summed E-state index contributed by atoms with van der Waals surface area (Å²) in [5.74, 6) is -0.879. The molecule has 31 heavy (non-hydrogen) atoms. The number of benzene rings is 2. The van der Waals surface area contributed by atoms with Crippen LogP contribution in [0.4, 0.5) is 20.4 Å². The van der Waals surface area contributed by atoms with Crippen LogP contribution < -0.4 is 15.0 Å². The lowest BCUT2D eigenvalue weighted by Gasteiger charge is -2.32. The Labute approximate surface area is 177 Å². The van der Waals surface area contributed by atoms with Crippen LogP contribution in [0.1, 0.15) is 18.4 Å². The Kier molecular flexibility index (Phi) is 4.97. The van der Waals surface area contributed by atoms with Crippen LogP contribution in [0, 0.1) is 17.6 Å². The maximum atomic E-state index is 13.4. The van der Waals surface area contributed by atoms with Gasteiger partial charge in [0.15, 0.2) is 11.6 Å². The van der Waals surface area contributed by atoms with Gasteiger partial charge in [0, 0.05) is 48.1 Å². The Morgan fingerprint density at radius 2 is 1.90 bits per heavy atom. The van der Waals surface area contributed by atoms with E-state index in [9.17, 15) is 13.6 Å². The molecule has 1 N–H and O–H groups in total. The Bertz CT molecular complexity index is 1150. The molecule has 0 unspecified atom stereocenters. The van der Waals surface area contributed by atoms with Gasteiger partial charge in [0.1, 0.15) is 12.4 Å². The molecular weight excluding hydrogens is 402 g/mol. The number of carbonyl (C=O) groups excluding carboxylic acids is 1. The van der Waals surface area contributed by atoms with E-state index in [1.165, 1.54) is 6.07 Å². The molecule has 2 aromatic carbocycles. The number of nitrogens with one attached hydrogen (secondary N) is 1. The largest absolute Gasteiger partial charge is 0.488 e. The first kappa shape index (κ1) is 19.4. The molecule has 0 radical (unpaired) electrons. The molecule has 158 valence electrons. The van der Waals surface area contributed by atoms with E-state index in [-0.39, 0.29) is 17.5 Å². The number of nitrogens with zero attached hydrogens (tertiary/aromatic N) is 3.